The van der Waals surface area contributed by atoms with Crippen LogP contribution in [0.4, 0.5) is 13.2 Å². The molecule has 0 spiro atoms. The van der Waals surface area contributed by atoms with E-state index in [2.05, 4.69) is 11.3 Å². The molecule has 5 heteroatoms. The third kappa shape index (κ3) is 3.42. The van der Waals surface area contributed by atoms with E-state index in [0.717, 1.165) is 0 Å². The van der Waals surface area contributed by atoms with Crippen molar-refractivity contribution < 1.29 is 22.7 Å². The third-order valence-electron chi connectivity index (χ3n) is 1.79. The average molecular weight is 230 g/mol. The van der Waals surface area contributed by atoms with Crippen LogP contribution < -0.4 is 0 Å². The minimum atomic E-state index is -4.96. The first-order valence-corrected chi connectivity index (χ1v) is 4.38. The van der Waals surface area contributed by atoms with E-state index in [4.69, 9.17) is 0 Å². The molecule has 0 aromatic heterocycles. The summed E-state index contributed by atoms with van der Waals surface area (Å²) in [6.07, 6.45) is -4.96. The molecule has 0 aliphatic heterocycles. The normalized spacial score (nSPS) is 10.9. The topological polar surface area (TPSA) is 26.3 Å². The van der Waals surface area contributed by atoms with Gasteiger partial charge in [0.05, 0.1) is 0 Å². The fourth-order valence-corrected chi connectivity index (χ4v) is 0.992. The van der Waals surface area contributed by atoms with Gasteiger partial charge in [-0.05, 0) is 11.1 Å². The fraction of sp³-hybridized carbons (Fsp3) is 0.182. The van der Waals surface area contributed by atoms with Gasteiger partial charge in [0.25, 0.3) is 0 Å². The largest absolute Gasteiger partial charge is 0.490 e. The van der Waals surface area contributed by atoms with Crippen molar-refractivity contribution in [1.29, 1.82) is 0 Å². The first-order valence-electron chi connectivity index (χ1n) is 4.38. The van der Waals surface area contributed by atoms with Crippen molar-refractivity contribution in [1.82, 2.24) is 0 Å². The first kappa shape index (κ1) is 12.3. The van der Waals surface area contributed by atoms with Crippen LogP contribution in [0.5, 0.6) is 0 Å². The van der Waals surface area contributed by atoms with E-state index in [0.29, 0.717) is 11.1 Å². The molecule has 0 fully saturated rings. The van der Waals surface area contributed by atoms with Gasteiger partial charge < -0.3 is 4.74 Å². The molecule has 0 bridgehead atoms. The highest BCUT2D eigenvalue weighted by Gasteiger charge is 2.40. The molecule has 1 rings (SSSR count). The Labute approximate surface area is 90.3 Å². The molecular formula is C11H9F3O2. The number of hydrogen-bond donors (Lipinski definition) is 0. The molecule has 0 atom stereocenters. The number of esters is 1. The van der Waals surface area contributed by atoms with Gasteiger partial charge in [-0.1, -0.05) is 36.9 Å². The highest BCUT2D eigenvalue weighted by molar-refractivity contribution is 5.77. The number of rotatable bonds is 3. The molecule has 2 nitrogen and oxygen atoms in total. The minimum absolute atomic E-state index is 0.318. The highest BCUT2D eigenvalue weighted by atomic mass is 19.4. The fourth-order valence-electron chi connectivity index (χ4n) is 0.992. The zero-order chi connectivity index (χ0) is 12.2. The number of ether oxygens (including phenoxy) is 1. The van der Waals surface area contributed by atoms with E-state index in [1.165, 1.54) is 0 Å². The number of carbonyl (C=O) groups excluding carboxylic acids is 1. The molecular weight excluding hydrogens is 221 g/mol. The van der Waals surface area contributed by atoms with E-state index in [1.807, 2.05) is 0 Å². The Hall–Kier alpha value is -1.78. The zero-order valence-corrected chi connectivity index (χ0v) is 8.25. The SMILES string of the molecule is C=C(COC(=O)C(F)(F)F)c1ccccc1. The van der Waals surface area contributed by atoms with Crippen molar-refractivity contribution in [3.05, 3.63) is 42.5 Å². The van der Waals surface area contributed by atoms with Gasteiger partial charge in [-0.3, -0.25) is 0 Å². The second-order valence-electron chi connectivity index (χ2n) is 3.04. The van der Waals surface area contributed by atoms with Crippen LogP contribution in [0.25, 0.3) is 5.57 Å². The molecule has 0 heterocycles. The summed E-state index contributed by atoms with van der Waals surface area (Å²) in [6, 6.07) is 8.53. The second-order valence-corrected chi connectivity index (χ2v) is 3.04. The summed E-state index contributed by atoms with van der Waals surface area (Å²) < 4.78 is 39.5. The molecule has 0 radical (unpaired) electrons. The van der Waals surface area contributed by atoms with Crippen molar-refractivity contribution in [3.8, 4) is 0 Å². The maximum atomic E-state index is 11.8. The Kier molecular flexibility index (Phi) is 3.71. The monoisotopic (exact) mass is 230 g/mol. The molecule has 0 saturated heterocycles. The Morgan fingerprint density at radius 2 is 1.81 bits per heavy atom. The lowest BCUT2D eigenvalue weighted by Crippen LogP contribution is -2.25. The Morgan fingerprint density at radius 3 is 2.31 bits per heavy atom. The van der Waals surface area contributed by atoms with Gasteiger partial charge in [0.15, 0.2) is 0 Å². The molecule has 0 unspecified atom stereocenters. The average Bonchev–Trinajstić information content (AvgIpc) is 2.25. The van der Waals surface area contributed by atoms with Crippen LogP contribution in [-0.4, -0.2) is 18.8 Å². The third-order valence-corrected chi connectivity index (χ3v) is 1.79. The van der Waals surface area contributed by atoms with Crippen LogP contribution in [0.2, 0.25) is 0 Å². The number of alkyl halides is 3. The predicted molar refractivity (Wildman–Crippen MR) is 52.5 cm³/mol. The summed E-state index contributed by atoms with van der Waals surface area (Å²) in [5.74, 6) is -2.20. The van der Waals surface area contributed by atoms with Crippen LogP contribution in [0.1, 0.15) is 5.56 Å². The Morgan fingerprint density at radius 1 is 1.25 bits per heavy atom. The van der Waals surface area contributed by atoms with E-state index >= 15 is 0 Å². The maximum Gasteiger partial charge on any atom is 0.490 e. The van der Waals surface area contributed by atoms with Crippen LogP contribution in [0.3, 0.4) is 0 Å². The van der Waals surface area contributed by atoms with Crippen molar-refractivity contribution in [2.45, 2.75) is 6.18 Å². The molecule has 0 saturated carbocycles. The lowest BCUT2D eigenvalue weighted by Gasteiger charge is -2.09. The summed E-state index contributed by atoms with van der Waals surface area (Å²) >= 11 is 0. The summed E-state index contributed by atoms with van der Waals surface area (Å²) in [6.45, 7) is 3.06. The summed E-state index contributed by atoms with van der Waals surface area (Å²) in [4.78, 5) is 10.4. The summed E-state index contributed by atoms with van der Waals surface area (Å²) in [7, 11) is 0. The van der Waals surface area contributed by atoms with E-state index in [-0.39, 0.29) is 0 Å². The van der Waals surface area contributed by atoms with E-state index in [1.54, 1.807) is 30.3 Å². The van der Waals surface area contributed by atoms with Crippen molar-refractivity contribution in [2.75, 3.05) is 6.61 Å². The molecule has 1 aromatic carbocycles. The molecule has 0 aliphatic rings. The maximum absolute atomic E-state index is 11.8. The van der Waals surface area contributed by atoms with Crippen LogP contribution in [0.15, 0.2) is 36.9 Å². The standard InChI is InChI=1S/C11H9F3O2/c1-8(9-5-3-2-4-6-9)7-16-10(15)11(12,13)14/h2-6H,1,7H2. The minimum Gasteiger partial charge on any atom is -0.454 e. The van der Waals surface area contributed by atoms with Crippen molar-refractivity contribution in [2.24, 2.45) is 0 Å². The van der Waals surface area contributed by atoms with Crippen LogP contribution >= 0.6 is 0 Å². The Balaban J connectivity index is 2.52. The summed E-state index contributed by atoms with van der Waals surface area (Å²) in [5.41, 5.74) is 0.954. The van der Waals surface area contributed by atoms with Gasteiger partial charge in [-0.25, -0.2) is 4.79 Å². The molecule has 0 amide bonds. The number of halogens is 3. The van der Waals surface area contributed by atoms with Crippen LogP contribution in [-0.2, 0) is 9.53 Å². The van der Waals surface area contributed by atoms with E-state index < -0.39 is 18.8 Å². The van der Waals surface area contributed by atoms with Gasteiger partial charge in [-0.15, -0.1) is 0 Å². The molecule has 1 aromatic rings. The van der Waals surface area contributed by atoms with Crippen LogP contribution in [0, 0.1) is 0 Å². The molecule has 0 aliphatic carbocycles. The quantitative estimate of drug-likeness (QED) is 0.746. The van der Waals surface area contributed by atoms with E-state index in [9.17, 15) is 18.0 Å². The zero-order valence-electron chi connectivity index (χ0n) is 8.25. The van der Waals surface area contributed by atoms with Gasteiger partial charge >= 0.3 is 12.1 Å². The second kappa shape index (κ2) is 4.83. The number of carbonyl (C=O) groups is 1. The van der Waals surface area contributed by atoms with Gasteiger partial charge in [0, 0.05) is 0 Å². The van der Waals surface area contributed by atoms with Gasteiger partial charge in [0.1, 0.15) is 6.61 Å². The van der Waals surface area contributed by atoms with Crippen molar-refractivity contribution in [3.63, 3.8) is 0 Å². The number of benzene rings is 1. The predicted octanol–water partition coefficient (Wildman–Crippen LogP) is 2.81. The van der Waals surface area contributed by atoms with Crippen molar-refractivity contribution >= 4 is 11.5 Å². The first-order chi connectivity index (χ1) is 7.41. The van der Waals surface area contributed by atoms with Gasteiger partial charge in [0.2, 0.25) is 0 Å². The lowest BCUT2D eigenvalue weighted by molar-refractivity contribution is -0.198. The summed E-state index contributed by atoms with van der Waals surface area (Å²) in [5, 5.41) is 0. The molecule has 0 N–H and O–H groups in total. The highest BCUT2D eigenvalue weighted by Crippen LogP contribution is 2.18. The van der Waals surface area contributed by atoms with Gasteiger partial charge in [-0.2, -0.15) is 13.2 Å². The lowest BCUT2D eigenvalue weighted by atomic mass is 10.1. The number of hydrogen-bond acceptors (Lipinski definition) is 2. The Bertz CT molecular complexity index is 382. The molecule has 16 heavy (non-hydrogen) atoms. The molecule has 86 valence electrons. The smallest absolute Gasteiger partial charge is 0.454 e.